The fraction of sp³-hybridized carbons (Fsp3) is 0.304. The highest BCUT2D eigenvalue weighted by molar-refractivity contribution is 7.15. The lowest BCUT2D eigenvalue weighted by Crippen LogP contribution is -2.27. The van der Waals surface area contributed by atoms with Gasteiger partial charge in [0, 0.05) is 35.4 Å². The summed E-state index contributed by atoms with van der Waals surface area (Å²) in [5.74, 6) is 0.999. The van der Waals surface area contributed by atoms with Crippen molar-refractivity contribution in [3.63, 3.8) is 0 Å². The zero-order valence-electron chi connectivity index (χ0n) is 17.6. The average molecular weight is 436 g/mol. The van der Waals surface area contributed by atoms with Gasteiger partial charge in [0.25, 0.3) is 5.56 Å². The van der Waals surface area contributed by atoms with Crippen LogP contribution in [-0.2, 0) is 19.4 Å². The lowest BCUT2D eigenvalue weighted by atomic mass is 10.0. The van der Waals surface area contributed by atoms with Gasteiger partial charge in [0.05, 0.1) is 35.4 Å². The molecule has 3 N–H and O–H groups in total. The molecule has 0 saturated heterocycles. The summed E-state index contributed by atoms with van der Waals surface area (Å²) in [5.41, 5.74) is 10.2. The smallest absolute Gasteiger partial charge is 0.270 e. The van der Waals surface area contributed by atoms with E-state index in [4.69, 9.17) is 20.9 Å². The molecule has 0 bridgehead atoms. The largest absolute Gasteiger partial charge is 0.497 e. The summed E-state index contributed by atoms with van der Waals surface area (Å²) in [7, 11) is 1.63. The molecule has 0 amide bonds. The van der Waals surface area contributed by atoms with Gasteiger partial charge in [-0.15, -0.1) is 11.3 Å². The first-order valence-corrected chi connectivity index (χ1v) is 11.0. The predicted octanol–water partition coefficient (Wildman–Crippen LogP) is 3.51. The molecule has 1 atom stereocenters. The highest BCUT2D eigenvalue weighted by Crippen LogP contribution is 2.40. The molecule has 1 aliphatic carbocycles. The van der Waals surface area contributed by atoms with Gasteiger partial charge in [-0.2, -0.15) is 5.10 Å². The number of benzene rings is 1. The number of aromatic nitrogens is 3. The van der Waals surface area contributed by atoms with Crippen molar-refractivity contribution in [1.82, 2.24) is 14.8 Å². The fourth-order valence-corrected chi connectivity index (χ4v) is 5.10. The van der Waals surface area contributed by atoms with Crippen LogP contribution < -0.4 is 16.0 Å². The number of hydrogen-bond acceptors (Lipinski definition) is 7. The number of allylic oxidation sites excluding steroid dienone is 2. The Morgan fingerprint density at radius 2 is 2.29 bits per heavy atom. The van der Waals surface area contributed by atoms with Crippen LogP contribution in [0.25, 0.3) is 10.4 Å². The van der Waals surface area contributed by atoms with Crippen LogP contribution in [0.1, 0.15) is 41.1 Å². The Kier molecular flexibility index (Phi) is 5.99. The number of nitrogens with one attached hydrogen (secondary N) is 1. The first-order chi connectivity index (χ1) is 15.0. The number of ether oxygens (including phenoxy) is 1. The van der Waals surface area contributed by atoms with Crippen LogP contribution >= 0.6 is 11.3 Å². The van der Waals surface area contributed by atoms with Crippen molar-refractivity contribution in [2.24, 2.45) is 5.73 Å². The average Bonchev–Trinajstić information content (AvgIpc) is 3.12. The third-order valence-corrected chi connectivity index (χ3v) is 6.60. The second-order valence-electron chi connectivity index (χ2n) is 7.70. The molecule has 1 aliphatic rings. The predicted molar refractivity (Wildman–Crippen MR) is 123 cm³/mol. The van der Waals surface area contributed by atoms with Crippen molar-refractivity contribution in [2.75, 3.05) is 7.11 Å². The SMILES string of the molecule is COc1cccc(Cn2ncc3c(c2=O)CCC(C)c2nc(CC(N)=CC=N)sc2-3)c1. The molecule has 160 valence electrons. The normalized spacial score (nSPS) is 15.7. The quantitative estimate of drug-likeness (QED) is 0.576. The second-order valence-corrected chi connectivity index (χ2v) is 8.78. The lowest BCUT2D eigenvalue weighted by Gasteiger charge is -2.10. The second kappa shape index (κ2) is 8.85. The molecule has 8 heteroatoms. The van der Waals surface area contributed by atoms with E-state index in [9.17, 15) is 4.79 Å². The zero-order chi connectivity index (χ0) is 22.0. The van der Waals surface area contributed by atoms with Crippen LogP contribution in [0, 0.1) is 5.41 Å². The molecule has 0 fully saturated rings. The molecule has 0 aliphatic heterocycles. The highest BCUT2D eigenvalue weighted by atomic mass is 32.1. The molecule has 7 nitrogen and oxygen atoms in total. The summed E-state index contributed by atoms with van der Waals surface area (Å²) in [5, 5.41) is 12.6. The molecule has 1 aromatic carbocycles. The molecular weight excluding hydrogens is 410 g/mol. The van der Waals surface area contributed by atoms with Crippen molar-refractivity contribution in [3.8, 4) is 16.2 Å². The molecule has 2 aromatic heterocycles. The van der Waals surface area contributed by atoms with Crippen molar-refractivity contribution >= 4 is 17.6 Å². The first kappa shape index (κ1) is 21.0. The van der Waals surface area contributed by atoms with Gasteiger partial charge in [-0.1, -0.05) is 19.1 Å². The number of nitrogens with two attached hydrogens (primary N) is 1. The van der Waals surface area contributed by atoms with Crippen LogP contribution in [0.2, 0.25) is 0 Å². The van der Waals surface area contributed by atoms with Gasteiger partial charge in [-0.05, 0) is 36.6 Å². The Balaban J connectivity index is 1.72. The van der Waals surface area contributed by atoms with E-state index in [1.807, 2.05) is 24.3 Å². The van der Waals surface area contributed by atoms with Gasteiger partial charge in [-0.3, -0.25) is 4.79 Å². The Labute approximate surface area is 184 Å². The minimum atomic E-state index is -0.0569. The van der Waals surface area contributed by atoms with E-state index in [2.05, 4.69) is 12.0 Å². The van der Waals surface area contributed by atoms with Crippen LogP contribution in [0.15, 0.2) is 47.0 Å². The van der Waals surface area contributed by atoms with Gasteiger partial charge in [0.15, 0.2) is 0 Å². The summed E-state index contributed by atoms with van der Waals surface area (Å²) >= 11 is 1.56. The van der Waals surface area contributed by atoms with Gasteiger partial charge in [0.1, 0.15) is 5.75 Å². The summed E-state index contributed by atoms with van der Waals surface area (Å²) in [6.45, 7) is 2.54. The molecule has 0 radical (unpaired) electrons. The van der Waals surface area contributed by atoms with Crippen molar-refractivity contribution in [1.29, 1.82) is 5.41 Å². The third-order valence-electron chi connectivity index (χ3n) is 5.50. The third kappa shape index (κ3) is 4.29. The Morgan fingerprint density at radius 3 is 3.06 bits per heavy atom. The lowest BCUT2D eigenvalue weighted by molar-refractivity contribution is 0.414. The van der Waals surface area contributed by atoms with E-state index in [1.54, 1.807) is 30.7 Å². The standard InChI is InChI=1S/C23H25N5O2S/c1-14-6-7-18-19(22-21(14)27-20(31-22)11-16(25)8-9-24)12-26-28(23(18)29)13-15-4-3-5-17(10-15)30-2/h3-5,8-10,12,14,24H,6-7,11,13,25H2,1-2H3. The molecule has 0 spiro atoms. The Bertz CT molecular complexity index is 1210. The van der Waals surface area contributed by atoms with Crippen LogP contribution in [0.5, 0.6) is 5.75 Å². The molecule has 31 heavy (non-hydrogen) atoms. The van der Waals surface area contributed by atoms with Crippen molar-refractivity contribution in [3.05, 3.63) is 74.4 Å². The van der Waals surface area contributed by atoms with E-state index in [0.29, 0.717) is 25.1 Å². The van der Waals surface area contributed by atoms with Gasteiger partial charge < -0.3 is 15.9 Å². The molecule has 0 saturated carbocycles. The van der Waals surface area contributed by atoms with E-state index in [-0.39, 0.29) is 11.5 Å². The highest BCUT2D eigenvalue weighted by Gasteiger charge is 2.26. The fourth-order valence-electron chi connectivity index (χ4n) is 3.84. The van der Waals surface area contributed by atoms with Gasteiger partial charge in [0.2, 0.25) is 0 Å². The molecule has 2 heterocycles. The van der Waals surface area contributed by atoms with Gasteiger partial charge >= 0.3 is 0 Å². The van der Waals surface area contributed by atoms with Crippen molar-refractivity contribution < 1.29 is 4.74 Å². The number of methoxy groups -OCH3 is 1. The minimum absolute atomic E-state index is 0.0569. The van der Waals surface area contributed by atoms with E-state index in [1.165, 1.54) is 10.9 Å². The van der Waals surface area contributed by atoms with E-state index < -0.39 is 0 Å². The molecule has 1 unspecified atom stereocenters. The van der Waals surface area contributed by atoms with Crippen LogP contribution in [0.4, 0.5) is 0 Å². The zero-order valence-corrected chi connectivity index (χ0v) is 18.4. The number of fused-ring (bicyclic) bond motifs is 3. The first-order valence-electron chi connectivity index (χ1n) is 10.2. The summed E-state index contributed by atoms with van der Waals surface area (Å²) < 4.78 is 6.81. The molecule has 3 aromatic rings. The maximum absolute atomic E-state index is 13.3. The topological polar surface area (TPSA) is 107 Å². The monoisotopic (exact) mass is 435 g/mol. The Morgan fingerprint density at radius 1 is 1.45 bits per heavy atom. The number of rotatable bonds is 6. The maximum Gasteiger partial charge on any atom is 0.270 e. The van der Waals surface area contributed by atoms with Gasteiger partial charge in [-0.25, -0.2) is 9.67 Å². The summed E-state index contributed by atoms with van der Waals surface area (Å²) in [4.78, 5) is 19.1. The van der Waals surface area contributed by atoms with Crippen LogP contribution in [-0.4, -0.2) is 28.1 Å². The number of nitrogens with zero attached hydrogens (tertiary/aromatic N) is 3. The molecule has 4 rings (SSSR count). The minimum Gasteiger partial charge on any atom is -0.497 e. The maximum atomic E-state index is 13.3. The van der Waals surface area contributed by atoms with Crippen molar-refractivity contribution in [2.45, 2.75) is 38.6 Å². The number of thiazole rings is 1. The summed E-state index contributed by atoms with van der Waals surface area (Å²) in [6, 6.07) is 7.67. The Hall–Kier alpha value is -3.26. The number of hydrogen-bond donors (Lipinski definition) is 2. The van der Waals surface area contributed by atoms with Crippen LogP contribution in [0.3, 0.4) is 0 Å². The molecular formula is C23H25N5O2S. The summed E-state index contributed by atoms with van der Waals surface area (Å²) in [6.07, 6.45) is 6.60. The van der Waals surface area contributed by atoms with E-state index in [0.717, 1.165) is 44.4 Å². The van der Waals surface area contributed by atoms with E-state index >= 15 is 0 Å².